The van der Waals surface area contributed by atoms with Gasteiger partial charge in [0.2, 0.25) is 0 Å². The molecule has 0 saturated carbocycles. The summed E-state index contributed by atoms with van der Waals surface area (Å²) in [5, 5.41) is 0. The van der Waals surface area contributed by atoms with E-state index >= 15 is 0 Å². The third kappa shape index (κ3) is 6.83. The van der Waals surface area contributed by atoms with Crippen molar-refractivity contribution in [1.29, 1.82) is 0 Å². The molecule has 0 aliphatic heterocycles. The highest BCUT2D eigenvalue weighted by Crippen LogP contribution is 2.46. The summed E-state index contributed by atoms with van der Waals surface area (Å²) >= 11 is 6.13. The summed E-state index contributed by atoms with van der Waals surface area (Å²) < 4.78 is 0. The molecule has 0 rings (SSSR count). The third-order valence-corrected chi connectivity index (χ3v) is 4.20. The molecular formula is C8H18ClP. The van der Waals surface area contributed by atoms with Gasteiger partial charge in [0.1, 0.15) is 0 Å². The van der Waals surface area contributed by atoms with Crippen LogP contribution in [-0.2, 0) is 0 Å². The van der Waals surface area contributed by atoms with Crippen LogP contribution in [0.5, 0.6) is 0 Å². The Bertz CT molecular complexity index is 85.7. The Morgan fingerprint density at radius 2 is 1.80 bits per heavy atom. The first-order valence-electron chi connectivity index (χ1n) is 3.86. The van der Waals surface area contributed by atoms with Gasteiger partial charge in [-0.2, -0.15) is 0 Å². The van der Waals surface area contributed by atoms with Crippen LogP contribution in [0, 0.1) is 5.41 Å². The monoisotopic (exact) mass is 180 g/mol. The SMILES string of the molecule is CCCP(Cl)CC(C)(C)C. The number of hydrogen-bond donors (Lipinski definition) is 0. The Hall–Kier alpha value is 0.720. The normalized spacial score (nSPS) is 15.3. The van der Waals surface area contributed by atoms with Crippen LogP contribution in [0.25, 0.3) is 0 Å². The zero-order chi connectivity index (χ0) is 8.20. The predicted octanol–water partition coefficient (Wildman–Crippen LogP) is 4.08. The van der Waals surface area contributed by atoms with Crippen molar-refractivity contribution >= 4 is 18.5 Å². The lowest BCUT2D eigenvalue weighted by molar-refractivity contribution is 0.478. The Kier molecular flexibility index (Phi) is 4.90. The Morgan fingerprint density at radius 3 is 2.10 bits per heavy atom. The third-order valence-electron chi connectivity index (χ3n) is 1.11. The second-order valence-corrected chi connectivity index (χ2v) is 7.03. The van der Waals surface area contributed by atoms with Gasteiger partial charge >= 0.3 is 0 Å². The quantitative estimate of drug-likeness (QED) is 0.575. The summed E-state index contributed by atoms with van der Waals surface area (Å²) in [5.41, 5.74) is 0.419. The van der Waals surface area contributed by atoms with E-state index in [1.165, 1.54) is 18.7 Å². The van der Waals surface area contributed by atoms with Crippen LogP contribution in [0.1, 0.15) is 34.1 Å². The smallest absolute Gasteiger partial charge is 0.00922 e. The Labute approximate surface area is 70.9 Å². The van der Waals surface area contributed by atoms with Gasteiger partial charge in [-0.3, -0.25) is 0 Å². The lowest BCUT2D eigenvalue weighted by atomic mass is 10.0. The Balaban J connectivity index is 3.47. The molecule has 0 nitrogen and oxygen atoms in total. The molecule has 2 heteroatoms. The van der Waals surface area contributed by atoms with Gasteiger partial charge in [-0.15, -0.1) is 0 Å². The van der Waals surface area contributed by atoms with Crippen molar-refractivity contribution in [3.05, 3.63) is 0 Å². The standard InChI is InChI=1S/C8H18ClP/c1-5-6-10(9)7-8(2,3)4/h5-7H2,1-4H3. The molecule has 0 fully saturated rings. The van der Waals surface area contributed by atoms with E-state index in [9.17, 15) is 0 Å². The van der Waals surface area contributed by atoms with Crippen molar-refractivity contribution in [3.63, 3.8) is 0 Å². The van der Waals surface area contributed by atoms with Gasteiger partial charge in [0, 0.05) is 0 Å². The van der Waals surface area contributed by atoms with Gasteiger partial charge in [0.25, 0.3) is 0 Å². The summed E-state index contributed by atoms with van der Waals surface area (Å²) in [6.07, 6.45) is 3.64. The lowest BCUT2D eigenvalue weighted by Gasteiger charge is -2.21. The second kappa shape index (κ2) is 4.57. The van der Waals surface area contributed by atoms with E-state index in [0.29, 0.717) is 5.41 Å². The van der Waals surface area contributed by atoms with E-state index in [1.54, 1.807) is 0 Å². The molecule has 0 radical (unpaired) electrons. The van der Waals surface area contributed by atoms with E-state index in [0.717, 1.165) is 0 Å². The Morgan fingerprint density at radius 1 is 1.30 bits per heavy atom. The summed E-state index contributed by atoms with van der Waals surface area (Å²) in [4.78, 5) is 0. The lowest BCUT2D eigenvalue weighted by Crippen LogP contribution is -2.09. The molecule has 0 saturated heterocycles. The fourth-order valence-electron chi connectivity index (χ4n) is 0.836. The molecular weight excluding hydrogens is 163 g/mol. The average molecular weight is 181 g/mol. The van der Waals surface area contributed by atoms with E-state index < -0.39 is 0 Å². The fraction of sp³-hybridized carbons (Fsp3) is 1.00. The summed E-state index contributed by atoms with van der Waals surface area (Å²) in [6, 6.07) is 0. The van der Waals surface area contributed by atoms with E-state index in [-0.39, 0.29) is 7.27 Å². The van der Waals surface area contributed by atoms with Gasteiger partial charge in [-0.25, -0.2) is 0 Å². The first-order valence-corrected chi connectivity index (χ1v) is 6.48. The molecule has 1 atom stereocenters. The van der Waals surface area contributed by atoms with Gasteiger partial charge < -0.3 is 0 Å². The molecule has 0 amide bonds. The van der Waals surface area contributed by atoms with Crippen LogP contribution in [0.15, 0.2) is 0 Å². The van der Waals surface area contributed by atoms with Gasteiger partial charge in [-0.1, -0.05) is 45.4 Å². The highest BCUT2D eigenvalue weighted by molar-refractivity contribution is 7.84. The van der Waals surface area contributed by atoms with Crippen molar-refractivity contribution in [1.82, 2.24) is 0 Å². The summed E-state index contributed by atoms with van der Waals surface area (Å²) in [5.74, 6) is 0. The van der Waals surface area contributed by atoms with Crippen molar-refractivity contribution in [2.24, 2.45) is 5.41 Å². The number of hydrogen-bond acceptors (Lipinski definition) is 0. The van der Waals surface area contributed by atoms with Gasteiger partial charge in [0.15, 0.2) is 0 Å². The highest BCUT2D eigenvalue weighted by atomic mass is 35.7. The minimum absolute atomic E-state index is 0.197. The molecule has 0 aliphatic rings. The fourth-order valence-corrected chi connectivity index (χ4v) is 4.09. The molecule has 0 bridgehead atoms. The molecule has 0 aliphatic carbocycles. The maximum atomic E-state index is 6.13. The van der Waals surface area contributed by atoms with Crippen LogP contribution in [0.2, 0.25) is 0 Å². The number of halogens is 1. The van der Waals surface area contributed by atoms with Crippen LogP contribution in [0.3, 0.4) is 0 Å². The molecule has 0 aromatic carbocycles. The highest BCUT2D eigenvalue weighted by Gasteiger charge is 2.15. The zero-order valence-corrected chi connectivity index (χ0v) is 9.10. The topological polar surface area (TPSA) is 0 Å². The molecule has 0 heterocycles. The maximum Gasteiger partial charge on any atom is -0.00922 e. The summed E-state index contributed by atoms with van der Waals surface area (Å²) in [6.45, 7) is 8.95. The van der Waals surface area contributed by atoms with Crippen molar-refractivity contribution in [2.45, 2.75) is 34.1 Å². The minimum atomic E-state index is -0.197. The second-order valence-electron chi connectivity index (χ2n) is 3.91. The molecule has 0 spiro atoms. The summed E-state index contributed by atoms with van der Waals surface area (Å²) in [7, 11) is -0.197. The molecule has 62 valence electrons. The average Bonchev–Trinajstić information content (AvgIpc) is 1.59. The zero-order valence-electron chi connectivity index (χ0n) is 7.45. The van der Waals surface area contributed by atoms with Crippen LogP contribution in [0.4, 0.5) is 0 Å². The van der Waals surface area contributed by atoms with E-state index in [2.05, 4.69) is 27.7 Å². The van der Waals surface area contributed by atoms with Crippen molar-refractivity contribution in [2.75, 3.05) is 12.3 Å². The largest absolute Gasteiger partial charge is 0.0964 e. The van der Waals surface area contributed by atoms with Crippen molar-refractivity contribution in [3.8, 4) is 0 Å². The maximum absolute atomic E-state index is 6.13. The predicted molar refractivity (Wildman–Crippen MR) is 52.3 cm³/mol. The first kappa shape index (κ1) is 10.7. The first-order chi connectivity index (χ1) is 4.45. The molecule has 1 unspecified atom stereocenters. The molecule has 0 N–H and O–H groups in total. The molecule has 10 heavy (non-hydrogen) atoms. The molecule has 0 aromatic heterocycles. The van der Waals surface area contributed by atoms with Gasteiger partial charge in [0.05, 0.1) is 0 Å². The van der Waals surface area contributed by atoms with Crippen LogP contribution in [-0.4, -0.2) is 12.3 Å². The van der Waals surface area contributed by atoms with Crippen LogP contribution < -0.4 is 0 Å². The minimum Gasteiger partial charge on any atom is -0.0964 e. The molecule has 0 aromatic rings. The van der Waals surface area contributed by atoms with Crippen molar-refractivity contribution < 1.29 is 0 Å². The van der Waals surface area contributed by atoms with E-state index in [4.69, 9.17) is 11.2 Å². The number of rotatable bonds is 3. The van der Waals surface area contributed by atoms with Crippen LogP contribution >= 0.6 is 18.5 Å². The van der Waals surface area contributed by atoms with E-state index in [1.807, 2.05) is 0 Å². The van der Waals surface area contributed by atoms with Gasteiger partial charge in [-0.05, 0) is 25.0 Å².